The minimum absolute atomic E-state index is 0.0231. The second-order valence-corrected chi connectivity index (χ2v) is 9.46. The van der Waals surface area contributed by atoms with Crippen LogP contribution < -0.4 is 5.32 Å². The lowest BCUT2D eigenvalue weighted by atomic mass is 9.87. The fraction of sp³-hybridized carbons (Fsp3) is 0.667. The first-order valence-electron chi connectivity index (χ1n) is 9.41. The smallest absolute Gasteiger partial charge is 0.272 e. The van der Waals surface area contributed by atoms with Crippen molar-refractivity contribution in [2.75, 3.05) is 20.1 Å². The van der Waals surface area contributed by atoms with Gasteiger partial charge < -0.3 is 10.2 Å². The maximum absolute atomic E-state index is 12.7. The number of carbonyl (C=O) groups is 2. The van der Waals surface area contributed by atoms with Crippen LogP contribution in [0.5, 0.6) is 0 Å². The van der Waals surface area contributed by atoms with Crippen LogP contribution in [-0.4, -0.2) is 41.8 Å². The van der Waals surface area contributed by atoms with Crippen molar-refractivity contribution in [2.45, 2.75) is 53.4 Å². The second-order valence-electron chi connectivity index (χ2n) is 9.46. The summed E-state index contributed by atoms with van der Waals surface area (Å²) in [6.07, 6.45) is 2.66. The van der Waals surface area contributed by atoms with Crippen LogP contribution in [0.2, 0.25) is 0 Å². The van der Waals surface area contributed by atoms with Crippen molar-refractivity contribution >= 4 is 11.8 Å². The van der Waals surface area contributed by atoms with Gasteiger partial charge in [0.1, 0.15) is 5.69 Å². The average Bonchev–Trinajstić information content (AvgIpc) is 3.19. The summed E-state index contributed by atoms with van der Waals surface area (Å²) in [6.45, 7) is 13.8. The van der Waals surface area contributed by atoms with E-state index in [0.717, 1.165) is 12.0 Å². The Morgan fingerprint density at radius 2 is 2.00 bits per heavy atom. The number of rotatable bonds is 6. The van der Waals surface area contributed by atoms with Crippen LogP contribution in [0, 0.1) is 17.3 Å². The largest absolute Gasteiger partial charge is 0.356 e. The molecule has 2 amide bonds. The average molecular weight is 360 g/mol. The molecule has 1 heterocycles. The van der Waals surface area contributed by atoms with Crippen LogP contribution in [0.15, 0.2) is 18.3 Å². The van der Waals surface area contributed by atoms with Gasteiger partial charge in [-0.05, 0) is 40.9 Å². The Labute approximate surface area is 157 Å². The third-order valence-corrected chi connectivity index (χ3v) is 5.23. The molecule has 5 heteroatoms. The summed E-state index contributed by atoms with van der Waals surface area (Å²) in [5.74, 6) is 0.368. The van der Waals surface area contributed by atoms with E-state index in [1.165, 1.54) is 0 Å². The molecule has 1 N–H and O–H groups in total. The summed E-state index contributed by atoms with van der Waals surface area (Å²) in [6, 6.07) is 3.83. The van der Waals surface area contributed by atoms with Crippen molar-refractivity contribution in [3.8, 4) is 0 Å². The van der Waals surface area contributed by atoms with Crippen molar-refractivity contribution in [1.29, 1.82) is 0 Å². The summed E-state index contributed by atoms with van der Waals surface area (Å²) in [4.78, 5) is 30.7. The summed E-state index contributed by atoms with van der Waals surface area (Å²) >= 11 is 0. The van der Waals surface area contributed by atoms with E-state index < -0.39 is 0 Å². The zero-order valence-corrected chi connectivity index (χ0v) is 17.2. The Morgan fingerprint density at radius 1 is 1.38 bits per heavy atom. The third kappa shape index (κ3) is 5.05. The van der Waals surface area contributed by atoms with Gasteiger partial charge in [-0.1, -0.05) is 41.5 Å². The minimum Gasteiger partial charge on any atom is -0.356 e. The van der Waals surface area contributed by atoms with E-state index in [-0.39, 0.29) is 34.5 Å². The van der Waals surface area contributed by atoms with Crippen LogP contribution in [0.4, 0.5) is 0 Å². The van der Waals surface area contributed by atoms with Crippen molar-refractivity contribution in [3.63, 3.8) is 0 Å². The molecule has 0 saturated heterocycles. The molecule has 1 fully saturated rings. The Hall–Kier alpha value is -1.91. The van der Waals surface area contributed by atoms with Gasteiger partial charge in [0, 0.05) is 32.3 Å². The Morgan fingerprint density at radius 3 is 2.54 bits per heavy atom. The normalized spacial score (nSPS) is 19.6. The molecule has 0 aliphatic heterocycles. The van der Waals surface area contributed by atoms with E-state index >= 15 is 0 Å². The highest BCUT2D eigenvalue weighted by atomic mass is 16.2. The number of nitrogens with zero attached hydrogens (tertiary/aromatic N) is 2. The maximum atomic E-state index is 12.7. The summed E-state index contributed by atoms with van der Waals surface area (Å²) in [5, 5.41) is 3.02. The molecule has 2 rings (SSSR count). The van der Waals surface area contributed by atoms with Gasteiger partial charge in [-0.15, -0.1) is 0 Å². The first-order valence-corrected chi connectivity index (χ1v) is 9.41. The number of hydrogen-bond acceptors (Lipinski definition) is 3. The first kappa shape index (κ1) is 20.4. The number of aromatic nitrogens is 1. The van der Waals surface area contributed by atoms with E-state index in [9.17, 15) is 9.59 Å². The van der Waals surface area contributed by atoms with Crippen LogP contribution in [0.1, 0.15) is 64.0 Å². The molecule has 0 radical (unpaired) electrons. The Bertz CT molecular complexity index is 676. The van der Waals surface area contributed by atoms with Crippen LogP contribution in [-0.2, 0) is 10.2 Å². The Kier molecular flexibility index (Phi) is 5.79. The van der Waals surface area contributed by atoms with Crippen LogP contribution in [0.3, 0.4) is 0 Å². The molecule has 0 spiro atoms. The van der Waals surface area contributed by atoms with Crippen molar-refractivity contribution < 1.29 is 9.59 Å². The topological polar surface area (TPSA) is 62.3 Å². The van der Waals surface area contributed by atoms with Crippen molar-refractivity contribution in [3.05, 3.63) is 29.6 Å². The minimum atomic E-state index is -0.0856. The molecular formula is C21H33N3O2. The fourth-order valence-electron chi connectivity index (χ4n) is 3.14. The predicted molar refractivity (Wildman–Crippen MR) is 104 cm³/mol. The van der Waals surface area contributed by atoms with Gasteiger partial charge in [-0.2, -0.15) is 0 Å². The van der Waals surface area contributed by atoms with E-state index in [4.69, 9.17) is 0 Å². The molecular weight excluding hydrogens is 326 g/mol. The molecule has 1 aliphatic rings. The van der Waals surface area contributed by atoms with Gasteiger partial charge in [0.15, 0.2) is 0 Å². The predicted octanol–water partition coefficient (Wildman–Crippen LogP) is 3.25. The standard InChI is InChI=1S/C21H33N3O2/c1-14(12-23-18(25)16-11-21(16,5)6)13-24(7)19(26)17-10-15(8-9-22-17)20(2,3)4/h8-10,14,16H,11-13H2,1-7H3,(H,23,25)/t14?,16-/m1/s1. The zero-order valence-electron chi connectivity index (χ0n) is 17.2. The maximum Gasteiger partial charge on any atom is 0.272 e. The molecule has 1 aromatic heterocycles. The lowest BCUT2D eigenvalue weighted by molar-refractivity contribution is -0.123. The lowest BCUT2D eigenvalue weighted by Crippen LogP contribution is -2.37. The Balaban J connectivity index is 1.87. The van der Waals surface area contributed by atoms with Crippen LogP contribution in [0.25, 0.3) is 0 Å². The summed E-state index contributed by atoms with van der Waals surface area (Å²) in [5.41, 5.74) is 1.68. The quantitative estimate of drug-likeness (QED) is 0.848. The monoisotopic (exact) mass is 359 g/mol. The molecule has 2 atom stereocenters. The summed E-state index contributed by atoms with van der Waals surface area (Å²) in [7, 11) is 1.79. The van der Waals surface area contributed by atoms with E-state index in [2.05, 4.69) is 44.9 Å². The number of carbonyl (C=O) groups excluding carboxylic acids is 2. The number of hydrogen-bond donors (Lipinski definition) is 1. The number of amides is 2. The number of pyridine rings is 1. The molecule has 1 aliphatic carbocycles. The molecule has 0 aromatic carbocycles. The fourth-order valence-corrected chi connectivity index (χ4v) is 3.14. The molecule has 26 heavy (non-hydrogen) atoms. The van der Waals surface area contributed by atoms with Gasteiger partial charge in [-0.25, -0.2) is 0 Å². The lowest BCUT2D eigenvalue weighted by Gasteiger charge is -2.23. The summed E-state index contributed by atoms with van der Waals surface area (Å²) < 4.78 is 0. The van der Waals surface area contributed by atoms with E-state index in [0.29, 0.717) is 18.8 Å². The van der Waals surface area contributed by atoms with Gasteiger partial charge in [0.25, 0.3) is 5.91 Å². The first-order chi connectivity index (χ1) is 11.9. The highest BCUT2D eigenvalue weighted by Gasteiger charge is 2.50. The molecule has 5 nitrogen and oxygen atoms in total. The van der Waals surface area contributed by atoms with Crippen molar-refractivity contribution in [2.24, 2.45) is 17.3 Å². The van der Waals surface area contributed by atoms with E-state index in [1.54, 1.807) is 18.1 Å². The van der Waals surface area contributed by atoms with Crippen molar-refractivity contribution in [1.82, 2.24) is 15.2 Å². The second kappa shape index (κ2) is 7.37. The third-order valence-electron chi connectivity index (χ3n) is 5.23. The van der Waals surface area contributed by atoms with Crippen LogP contribution >= 0.6 is 0 Å². The zero-order chi connectivity index (χ0) is 19.7. The molecule has 1 aromatic rings. The van der Waals surface area contributed by atoms with Gasteiger partial charge in [0.05, 0.1) is 0 Å². The SMILES string of the molecule is CC(CNC(=O)[C@H]1CC1(C)C)CN(C)C(=O)c1cc(C(C)(C)C)ccn1. The molecule has 1 saturated carbocycles. The van der Waals surface area contributed by atoms with Gasteiger partial charge in [-0.3, -0.25) is 14.6 Å². The molecule has 0 bridgehead atoms. The highest BCUT2D eigenvalue weighted by Crippen LogP contribution is 2.51. The molecule has 144 valence electrons. The van der Waals surface area contributed by atoms with Gasteiger partial charge in [0.2, 0.25) is 5.91 Å². The van der Waals surface area contributed by atoms with E-state index in [1.807, 2.05) is 19.1 Å². The van der Waals surface area contributed by atoms with Gasteiger partial charge >= 0.3 is 0 Å². The highest BCUT2D eigenvalue weighted by molar-refractivity contribution is 5.92. The molecule has 1 unspecified atom stereocenters. The number of nitrogens with one attached hydrogen (secondary N) is 1.